The van der Waals surface area contributed by atoms with Crippen LogP contribution < -0.4 is 11.1 Å². The Morgan fingerprint density at radius 3 is 2.64 bits per heavy atom. The number of hydrogen-bond acceptors (Lipinski definition) is 4. The van der Waals surface area contributed by atoms with E-state index in [0.29, 0.717) is 24.0 Å². The predicted molar refractivity (Wildman–Crippen MR) is 103 cm³/mol. The number of pyridine rings is 1. The second-order valence-corrected chi connectivity index (χ2v) is 6.05. The van der Waals surface area contributed by atoms with Gasteiger partial charge in [0.1, 0.15) is 5.69 Å². The summed E-state index contributed by atoms with van der Waals surface area (Å²) in [6, 6.07) is 7.21. The first kappa shape index (κ1) is 21.4. The maximum atomic E-state index is 12.5. The average Bonchev–Trinajstić information content (AvgIpc) is 3.15. The number of carbonyl (C=O) groups excluding carboxylic acids is 1. The Balaban J connectivity index is 0.00000156. The lowest BCUT2D eigenvalue weighted by atomic mass is 9.84. The van der Waals surface area contributed by atoms with Crippen molar-refractivity contribution >= 4 is 30.7 Å². The minimum absolute atomic E-state index is 0. The van der Waals surface area contributed by atoms with E-state index in [2.05, 4.69) is 15.4 Å². The fraction of sp³-hybridized carbons (Fsp3) is 0.471. The Labute approximate surface area is 160 Å². The van der Waals surface area contributed by atoms with Crippen molar-refractivity contribution in [1.82, 2.24) is 20.1 Å². The first-order chi connectivity index (χ1) is 11.3. The number of amides is 1. The molecule has 8 heteroatoms. The van der Waals surface area contributed by atoms with Gasteiger partial charge in [0, 0.05) is 25.0 Å². The number of hydrogen-bond donors (Lipinski definition) is 2. The van der Waals surface area contributed by atoms with E-state index in [1.165, 1.54) is 19.3 Å². The summed E-state index contributed by atoms with van der Waals surface area (Å²) in [5.41, 5.74) is 6.28. The number of nitrogens with one attached hydrogen (secondary N) is 1. The zero-order valence-corrected chi connectivity index (χ0v) is 15.6. The van der Waals surface area contributed by atoms with Crippen LogP contribution in [0, 0.1) is 5.92 Å². The number of halogens is 2. The normalized spacial score (nSPS) is 15.6. The molecule has 0 aliphatic heterocycles. The van der Waals surface area contributed by atoms with Crippen molar-refractivity contribution < 1.29 is 4.79 Å². The van der Waals surface area contributed by atoms with Gasteiger partial charge in [0.2, 0.25) is 0 Å². The number of aromatic nitrogens is 3. The predicted octanol–water partition coefficient (Wildman–Crippen LogP) is 2.75. The third-order valence-electron chi connectivity index (χ3n) is 4.50. The van der Waals surface area contributed by atoms with Crippen LogP contribution in [0.2, 0.25) is 0 Å². The van der Waals surface area contributed by atoms with E-state index < -0.39 is 0 Å². The highest BCUT2D eigenvalue weighted by molar-refractivity contribution is 5.92. The smallest absolute Gasteiger partial charge is 0.270 e. The molecule has 3 rings (SSSR count). The van der Waals surface area contributed by atoms with Gasteiger partial charge < -0.3 is 11.1 Å². The van der Waals surface area contributed by atoms with E-state index in [4.69, 9.17) is 5.73 Å². The van der Waals surface area contributed by atoms with Gasteiger partial charge in [0.05, 0.1) is 0 Å². The molecule has 0 aromatic carbocycles. The SMILES string of the molecule is Cl.Cl.NCC(NC(=O)c1cccc(-n2cccn2)n1)C1CCCCC1. The molecule has 2 heterocycles. The first-order valence-corrected chi connectivity index (χ1v) is 8.26. The zero-order chi connectivity index (χ0) is 16.1. The molecule has 0 radical (unpaired) electrons. The molecule has 1 atom stereocenters. The molecule has 1 unspecified atom stereocenters. The average molecular weight is 386 g/mol. The largest absolute Gasteiger partial charge is 0.346 e. The van der Waals surface area contributed by atoms with Crippen molar-refractivity contribution in [3.63, 3.8) is 0 Å². The monoisotopic (exact) mass is 385 g/mol. The molecule has 25 heavy (non-hydrogen) atoms. The number of carbonyl (C=O) groups is 1. The van der Waals surface area contributed by atoms with Gasteiger partial charge in [-0.15, -0.1) is 24.8 Å². The molecule has 138 valence electrons. The molecule has 1 saturated carbocycles. The van der Waals surface area contributed by atoms with Crippen LogP contribution in [0.25, 0.3) is 5.82 Å². The maximum Gasteiger partial charge on any atom is 0.270 e. The van der Waals surface area contributed by atoms with E-state index in [9.17, 15) is 4.79 Å². The molecule has 1 amide bonds. The van der Waals surface area contributed by atoms with E-state index >= 15 is 0 Å². The van der Waals surface area contributed by atoms with Gasteiger partial charge in [-0.3, -0.25) is 4.79 Å². The number of rotatable bonds is 5. The van der Waals surface area contributed by atoms with Crippen LogP contribution in [-0.2, 0) is 0 Å². The van der Waals surface area contributed by atoms with E-state index in [0.717, 1.165) is 12.8 Å². The Kier molecular flexibility index (Phi) is 8.89. The van der Waals surface area contributed by atoms with Gasteiger partial charge in [-0.1, -0.05) is 25.3 Å². The molecule has 6 nitrogen and oxygen atoms in total. The van der Waals surface area contributed by atoms with Crippen molar-refractivity contribution in [2.75, 3.05) is 6.54 Å². The third-order valence-corrected chi connectivity index (χ3v) is 4.50. The van der Waals surface area contributed by atoms with Gasteiger partial charge in [-0.25, -0.2) is 9.67 Å². The van der Waals surface area contributed by atoms with E-state index in [1.807, 2.05) is 18.2 Å². The minimum Gasteiger partial charge on any atom is -0.346 e. The highest BCUT2D eigenvalue weighted by Crippen LogP contribution is 2.26. The molecular formula is C17H25Cl2N5O. The molecule has 2 aromatic rings. The quantitative estimate of drug-likeness (QED) is 0.828. The summed E-state index contributed by atoms with van der Waals surface area (Å²) in [6.45, 7) is 0.468. The van der Waals surface area contributed by atoms with Crippen molar-refractivity contribution in [3.8, 4) is 5.82 Å². The van der Waals surface area contributed by atoms with E-state index in [1.54, 1.807) is 23.1 Å². The first-order valence-electron chi connectivity index (χ1n) is 8.26. The Hall–Kier alpha value is -1.63. The molecule has 1 aliphatic rings. The van der Waals surface area contributed by atoms with Crippen LogP contribution in [-0.4, -0.2) is 33.3 Å². The lowest BCUT2D eigenvalue weighted by molar-refractivity contribution is 0.0910. The molecule has 0 bridgehead atoms. The zero-order valence-electron chi connectivity index (χ0n) is 14.0. The number of nitrogens with zero attached hydrogens (tertiary/aromatic N) is 3. The second-order valence-electron chi connectivity index (χ2n) is 6.05. The van der Waals surface area contributed by atoms with Crippen LogP contribution in [0.3, 0.4) is 0 Å². The summed E-state index contributed by atoms with van der Waals surface area (Å²) in [5.74, 6) is 0.941. The minimum atomic E-state index is -0.167. The van der Waals surface area contributed by atoms with Crippen LogP contribution in [0.4, 0.5) is 0 Å². The highest BCUT2D eigenvalue weighted by atomic mass is 35.5. The Bertz CT molecular complexity index is 644. The topological polar surface area (TPSA) is 85.8 Å². The van der Waals surface area contributed by atoms with Gasteiger partial charge in [-0.05, 0) is 37.0 Å². The Morgan fingerprint density at radius 2 is 2.00 bits per heavy atom. The van der Waals surface area contributed by atoms with Crippen LogP contribution in [0.1, 0.15) is 42.6 Å². The molecule has 0 saturated heterocycles. The van der Waals surface area contributed by atoms with Crippen LogP contribution in [0.5, 0.6) is 0 Å². The fourth-order valence-electron chi connectivity index (χ4n) is 3.23. The summed E-state index contributed by atoms with van der Waals surface area (Å²) in [6.07, 6.45) is 9.51. The van der Waals surface area contributed by atoms with Gasteiger partial charge in [0.25, 0.3) is 5.91 Å². The van der Waals surface area contributed by atoms with Crippen LogP contribution >= 0.6 is 24.8 Å². The lowest BCUT2D eigenvalue weighted by Gasteiger charge is -2.30. The van der Waals surface area contributed by atoms with Gasteiger partial charge in [-0.2, -0.15) is 5.10 Å². The van der Waals surface area contributed by atoms with Crippen molar-refractivity contribution in [2.24, 2.45) is 11.7 Å². The summed E-state index contributed by atoms with van der Waals surface area (Å²) in [5, 5.41) is 7.21. The second kappa shape index (κ2) is 10.4. The molecule has 2 aromatic heterocycles. The molecule has 1 aliphatic carbocycles. The summed E-state index contributed by atoms with van der Waals surface area (Å²) in [7, 11) is 0. The summed E-state index contributed by atoms with van der Waals surface area (Å²) < 4.78 is 1.64. The standard InChI is InChI=1S/C17H23N5O.2ClH/c18-12-15(13-6-2-1-3-7-13)21-17(23)14-8-4-9-16(20-14)22-11-5-10-19-22;;/h4-5,8-11,13,15H,1-3,6-7,12,18H2,(H,21,23);2*1H. The van der Waals surface area contributed by atoms with Crippen molar-refractivity contribution in [3.05, 3.63) is 42.4 Å². The van der Waals surface area contributed by atoms with Crippen molar-refractivity contribution in [2.45, 2.75) is 38.1 Å². The highest BCUT2D eigenvalue weighted by Gasteiger charge is 2.24. The van der Waals surface area contributed by atoms with Crippen LogP contribution in [0.15, 0.2) is 36.7 Å². The number of nitrogens with two attached hydrogens (primary N) is 1. The molecule has 0 spiro atoms. The van der Waals surface area contributed by atoms with Gasteiger partial charge >= 0.3 is 0 Å². The maximum absolute atomic E-state index is 12.5. The van der Waals surface area contributed by atoms with Crippen molar-refractivity contribution in [1.29, 1.82) is 0 Å². The molecule has 3 N–H and O–H groups in total. The molecular weight excluding hydrogens is 361 g/mol. The van der Waals surface area contributed by atoms with Gasteiger partial charge in [0.15, 0.2) is 5.82 Å². The summed E-state index contributed by atoms with van der Waals surface area (Å²) >= 11 is 0. The Morgan fingerprint density at radius 1 is 1.24 bits per heavy atom. The fourth-order valence-corrected chi connectivity index (χ4v) is 3.23. The third kappa shape index (κ3) is 5.42. The van der Waals surface area contributed by atoms with E-state index in [-0.39, 0.29) is 36.8 Å². The summed E-state index contributed by atoms with van der Waals surface area (Å²) in [4.78, 5) is 16.9. The molecule has 1 fully saturated rings. The lowest BCUT2D eigenvalue weighted by Crippen LogP contribution is -2.46.